The lowest BCUT2D eigenvalue weighted by molar-refractivity contribution is -0.167. The van der Waals surface area contributed by atoms with Gasteiger partial charge >= 0.3 is 17.9 Å². The van der Waals surface area contributed by atoms with E-state index in [4.69, 9.17) is 14.2 Å². The number of unbranched alkanes of at least 4 members (excludes halogenated alkanes) is 40. The molecule has 0 aliphatic heterocycles. The quantitative estimate of drug-likeness (QED) is 0.0261. The maximum Gasteiger partial charge on any atom is 0.306 e. The molecule has 0 radical (unpaired) electrons. The molecule has 0 bridgehead atoms. The second-order valence-corrected chi connectivity index (χ2v) is 23.8. The molecule has 0 aromatic carbocycles. The minimum atomic E-state index is -0.788. The van der Waals surface area contributed by atoms with E-state index >= 15 is 0 Å². The highest BCUT2D eigenvalue weighted by molar-refractivity contribution is 5.71. The van der Waals surface area contributed by atoms with Crippen molar-refractivity contribution in [2.24, 2.45) is 0 Å². The molecule has 1 atom stereocenters. The summed E-state index contributed by atoms with van der Waals surface area (Å²) in [7, 11) is 0. The number of rotatable bonds is 65. The summed E-state index contributed by atoms with van der Waals surface area (Å²) < 4.78 is 17.0. The Balaban J connectivity index is 4.37. The molecule has 82 heavy (non-hydrogen) atoms. The van der Waals surface area contributed by atoms with E-state index in [-0.39, 0.29) is 31.1 Å². The number of carbonyl (C=O) groups excluding carboxylic acids is 3. The largest absolute Gasteiger partial charge is 0.462 e. The summed E-state index contributed by atoms with van der Waals surface area (Å²) in [6.07, 6.45) is 93.2. The zero-order valence-electron chi connectivity index (χ0n) is 54.5. The van der Waals surface area contributed by atoms with Gasteiger partial charge in [0.1, 0.15) is 13.2 Å². The molecule has 6 nitrogen and oxygen atoms in total. The summed E-state index contributed by atoms with van der Waals surface area (Å²) in [6.45, 7) is 6.54. The van der Waals surface area contributed by atoms with E-state index in [0.29, 0.717) is 19.3 Å². The van der Waals surface area contributed by atoms with Crippen molar-refractivity contribution in [1.29, 1.82) is 0 Å². The van der Waals surface area contributed by atoms with Gasteiger partial charge in [0.15, 0.2) is 6.10 Å². The van der Waals surface area contributed by atoms with Crippen LogP contribution < -0.4 is 0 Å². The predicted octanol–water partition coefficient (Wildman–Crippen LogP) is 24.6. The van der Waals surface area contributed by atoms with Crippen LogP contribution in [0.5, 0.6) is 0 Å². The highest BCUT2D eigenvalue weighted by atomic mass is 16.6. The lowest BCUT2D eigenvalue weighted by Crippen LogP contribution is -2.30. The summed E-state index contributed by atoms with van der Waals surface area (Å²) in [5, 5.41) is 0. The molecule has 0 aromatic heterocycles. The summed E-state index contributed by atoms with van der Waals surface area (Å²) >= 11 is 0. The van der Waals surface area contributed by atoms with Gasteiger partial charge in [0.25, 0.3) is 0 Å². The molecule has 0 N–H and O–H groups in total. The third-order valence-electron chi connectivity index (χ3n) is 15.6. The molecule has 0 saturated carbocycles. The van der Waals surface area contributed by atoms with E-state index < -0.39 is 6.10 Å². The molecule has 0 spiro atoms. The first-order chi connectivity index (χ1) is 40.5. The Bertz CT molecular complexity index is 1550. The van der Waals surface area contributed by atoms with Gasteiger partial charge in [-0.25, -0.2) is 0 Å². The molecule has 0 saturated heterocycles. The van der Waals surface area contributed by atoms with Gasteiger partial charge in [0, 0.05) is 19.3 Å². The Morgan fingerprint density at radius 2 is 0.476 bits per heavy atom. The Kier molecular flexibility index (Phi) is 67.2. The number of ether oxygens (including phenoxy) is 3. The summed E-state index contributed by atoms with van der Waals surface area (Å²) in [5.41, 5.74) is 0. The number of esters is 3. The van der Waals surface area contributed by atoms with Gasteiger partial charge in [-0.1, -0.05) is 331 Å². The Morgan fingerprint density at radius 3 is 0.768 bits per heavy atom. The van der Waals surface area contributed by atoms with Crippen LogP contribution >= 0.6 is 0 Å². The molecule has 0 heterocycles. The first-order valence-corrected chi connectivity index (χ1v) is 35.6. The van der Waals surface area contributed by atoms with Crippen molar-refractivity contribution in [1.82, 2.24) is 0 Å². The first kappa shape index (κ1) is 78.6. The molecule has 0 aromatic rings. The number of hydrogen-bond acceptors (Lipinski definition) is 6. The van der Waals surface area contributed by atoms with E-state index in [1.807, 2.05) is 0 Å². The van der Waals surface area contributed by atoms with Crippen molar-refractivity contribution in [3.63, 3.8) is 0 Å². The standard InChI is InChI=1S/C76H134O6/c1-4-7-10-13-16-19-22-25-28-31-34-36-37-38-40-42-45-48-51-54-57-60-63-66-69-75(78)81-72-73(71-80-74(77)68-65-62-59-56-53-50-47-44-41-33-30-27-24-21-18-15-12-9-6-3)82-76(79)70-67-64-61-58-55-52-49-46-43-39-35-32-29-26-23-20-17-14-11-8-5-2/h8,11,17-18,20-21,26-27,29-30,35,39,41,44,73H,4-7,9-10,12-16,19,22-25,28,31-34,36-38,40,42-43,45-72H2,1-3H3/b11-8-,20-17-,21-18-,29-26-,30-27-,39-35-,44-41-. The van der Waals surface area contributed by atoms with Crippen molar-refractivity contribution in [3.8, 4) is 0 Å². The van der Waals surface area contributed by atoms with Crippen LogP contribution in [0.25, 0.3) is 0 Å². The molecular formula is C76H134O6. The highest BCUT2D eigenvalue weighted by Crippen LogP contribution is 2.18. The fourth-order valence-electron chi connectivity index (χ4n) is 10.3. The molecule has 474 valence electrons. The molecule has 0 rings (SSSR count). The number of allylic oxidation sites excluding steroid dienone is 14. The summed E-state index contributed by atoms with van der Waals surface area (Å²) in [4.78, 5) is 38.5. The maximum atomic E-state index is 13.0. The maximum absolute atomic E-state index is 13.0. The van der Waals surface area contributed by atoms with Crippen LogP contribution in [0.1, 0.15) is 361 Å². The first-order valence-electron chi connectivity index (χ1n) is 35.6. The van der Waals surface area contributed by atoms with Crippen molar-refractivity contribution in [3.05, 3.63) is 85.1 Å². The van der Waals surface area contributed by atoms with Gasteiger partial charge < -0.3 is 14.2 Å². The topological polar surface area (TPSA) is 78.9 Å². The molecule has 6 heteroatoms. The molecule has 0 aliphatic rings. The third-order valence-corrected chi connectivity index (χ3v) is 15.6. The fraction of sp³-hybridized carbons (Fsp3) is 0.776. The molecular weight excluding hydrogens is 1010 g/mol. The zero-order valence-corrected chi connectivity index (χ0v) is 54.5. The van der Waals surface area contributed by atoms with Crippen LogP contribution in [0.4, 0.5) is 0 Å². The Morgan fingerprint density at radius 1 is 0.256 bits per heavy atom. The molecule has 1 unspecified atom stereocenters. The Hall–Kier alpha value is -3.41. The monoisotopic (exact) mass is 1140 g/mol. The normalized spacial score (nSPS) is 12.6. The van der Waals surface area contributed by atoms with E-state index in [9.17, 15) is 14.4 Å². The van der Waals surface area contributed by atoms with E-state index in [1.165, 1.54) is 212 Å². The lowest BCUT2D eigenvalue weighted by Gasteiger charge is -2.18. The van der Waals surface area contributed by atoms with E-state index in [1.54, 1.807) is 0 Å². The second kappa shape index (κ2) is 70.1. The van der Waals surface area contributed by atoms with Gasteiger partial charge in [0.05, 0.1) is 0 Å². The average molecular weight is 1140 g/mol. The molecule has 0 fully saturated rings. The smallest absolute Gasteiger partial charge is 0.306 e. The number of hydrogen-bond donors (Lipinski definition) is 0. The van der Waals surface area contributed by atoms with Crippen molar-refractivity contribution >= 4 is 17.9 Å². The van der Waals surface area contributed by atoms with Crippen LogP contribution in [0.15, 0.2) is 85.1 Å². The predicted molar refractivity (Wildman–Crippen MR) is 358 cm³/mol. The van der Waals surface area contributed by atoms with Gasteiger partial charge in [-0.2, -0.15) is 0 Å². The van der Waals surface area contributed by atoms with Crippen molar-refractivity contribution in [2.45, 2.75) is 367 Å². The van der Waals surface area contributed by atoms with Crippen LogP contribution in [-0.2, 0) is 28.6 Å². The Labute approximate surface area is 509 Å². The highest BCUT2D eigenvalue weighted by Gasteiger charge is 2.19. The van der Waals surface area contributed by atoms with Gasteiger partial charge in [0.2, 0.25) is 0 Å². The molecule has 0 aliphatic carbocycles. The number of carbonyl (C=O) groups is 3. The van der Waals surface area contributed by atoms with E-state index in [0.717, 1.165) is 109 Å². The van der Waals surface area contributed by atoms with Crippen LogP contribution in [0.2, 0.25) is 0 Å². The second-order valence-electron chi connectivity index (χ2n) is 23.8. The SMILES string of the molecule is CC/C=C\C/C=C\C/C=C\C/C=C\CCCCCCCCCCC(=O)OC(COC(=O)CCCCCCCC/C=C\C/C=C\C/C=C\CCCCC)COC(=O)CCCCCCCCCCCCCCCCCCCCCCCCCC. The average Bonchev–Trinajstić information content (AvgIpc) is 3.47. The van der Waals surface area contributed by atoms with Gasteiger partial charge in [-0.15, -0.1) is 0 Å². The van der Waals surface area contributed by atoms with Gasteiger partial charge in [-0.3, -0.25) is 14.4 Å². The van der Waals surface area contributed by atoms with E-state index in [2.05, 4.69) is 106 Å². The minimum absolute atomic E-state index is 0.0811. The van der Waals surface area contributed by atoms with Crippen molar-refractivity contribution < 1.29 is 28.6 Å². The minimum Gasteiger partial charge on any atom is -0.462 e. The summed E-state index contributed by atoms with van der Waals surface area (Å²) in [5.74, 6) is -0.882. The van der Waals surface area contributed by atoms with Gasteiger partial charge in [-0.05, 0) is 96.3 Å². The van der Waals surface area contributed by atoms with Crippen LogP contribution in [0, 0.1) is 0 Å². The third kappa shape index (κ3) is 67.4. The lowest BCUT2D eigenvalue weighted by atomic mass is 10.0. The van der Waals surface area contributed by atoms with Crippen LogP contribution in [0.3, 0.4) is 0 Å². The van der Waals surface area contributed by atoms with Crippen molar-refractivity contribution in [2.75, 3.05) is 13.2 Å². The molecule has 0 amide bonds. The zero-order chi connectivity index (χ0) is 59.2. The summed E-state index contributed by atoms with van der Waals surface area (Å²) in [6, 6.07) is 0. The van der Waals surface area contributed by atoms with Crippen LogP contribution in [-0.4, -0.2) is 37.2 Å². The fourth-order valence-corrected chi connectivity index (χ4v) is 10.3.